The van der Waals surface area contributed by atoms with Crippen LogP contribution in [-0.2, 0) is 6.54 Å². The fourth-order valence-corrected chi connectivity index (χ4v) is 2.58. The molecule has 0 aliphatic heterocycles. The van der Waals surface area contributed by atoms with E-state index in [4.69, 9.17) is 0 Å². The number of carbonyl (C=O) groups is 1. The van der Waals surface area contributed by atoms with E-state index in [9.17, 15) is 14.9 Å². The molecule has 2 aromatic rings. The number of amides is 1. The lowest BCUT2D eigenvalue weighted by atomic mass is 10.1. The molecule has 0 spiro atoms. The Kier molecular flexibility index (Phi) is 4.89. The van der Waals surface area contributed by atoms with Gasteiger partial charge < -0.3 is 10.6 Å². The van der Waals surface area contributed by atoms with Crippen LogP contribution in [0.15, 0.2) is 35.0 Å². The molecule has 1 heterocycles. The maximum atomic E-state index is 12.2. The molecule has 0 radical (unpaired) electrons. The number of carbonyl (C=O) groups excluding carboxylic acids is 1. The van der Waals surface area contributed by atoms with Crippen LogP contribution in [0.5, 0.6) is 0 Å². The van der Waals surface area contributed by atoms with Crippen LogP contribution in [0.1, 0.15) is 22.8 Å². The summed E-state index contributed by atoms with van der Waals surface area (Å²) >= 11 is 1.55. The predicted molar refractivity (Wildman–Crippen MR) is 82.7 cm³/mol. The summed E-state index contributed by atoms with van der Waals surface area (Å²) in [6.07, 6.45) is 0. The van der Waals surface area contributed by atoms with Gasteiger partial charge in [-0.3, -0.25) is 14.9 Å². The zero-order valence-corrected chi connectivity index (χ0v) is 12.3. The Bertz CT molecular complexity index is 641. The minimum Gasteiger partial charge on any atom is -0.379 e. The van der Waals surface area contributed by atoms with Crippen LogP contribution >= 0.6 is 11.3 Å². The zero-order chi connectivity index (χ0) is 15.2. The van der Waals surface area contributed by atoms with E-state index in [0.717, 1.165) is 5.56 Å². The van der Waals surface area contributed by atoms with Crippen molar-refractivity contribution in [2.45, 2.75) is 13.5 Å². The lowest BCUT2D eigenvalue weighted by Gasteiger charge is -2.11. The van der Waals surface area contributed by atoms with Gasteiger partial charge in [0.2, 0.25) is 0 Å². The number of nitrogens with zero attached hydrogens (tertiary/aromatic N) is 1. The van der Waals surface area contributed by atoms with Crippen molar-refractivity contribution in [2.75, 3.05) is 11.9 Å². The van der Waals surface area contributed by atoms with Gasteiger partial charge in [0.25, 0.3) is 11.6 Å². The van der Waals surface area contributed by atoms with Gasteiger partial charge in [-0.25, -0.2) is 0 Å². The van der Waals surface area contributed by atoms with Crippen LogP contribution in [0.3, 0.4) is 0 Å². The number of rotatable bonds is 6. The van der Waals surface area contributed by atoms with Crippen molar-refractivity contribution >= 4 is 28.6 Å². The van der Waals surface area contributed by atoms with Crippen molar-refractivity contribution in [3.05, 3.63) is 56.3 Å². The van der Waals surface area contributed by atoms with Gasteiger partial charge in [0.15, 0.2) is 0 Å². The van der Waals surface area contributed by atoms with E-state index in [1.807, 2.05) is 23.8 Å². The highest BCUT2D eigenvalue weighted by molar-refractivity contribution is 7.07. The fraction of sp³-hybridized carbons (Fsp3) is 0.214. The smallest absolute Gasteiger partial charge is 0.293 e. The number of thiophene rings is 1. The van der Waals surface area contributed by atoms with E-state index >= 15 is 0 Å². The largest absolute Gasteiger partial charge is 0.379 e. The lowest BCUT2D eigenvalue weighted by molar-refractivity contribution is -0.384. The van der Waals surface area contributed by atoms with E-state index in [1.165, 1.54) is 12.1 Å². The Morgan fingerprint density at radius 3 is 2.81 bits per heavy atom. The third kappa shape index (κ3) is 3.57. The number of hydrogen-bond acceptors (Lipinski definition) is 5. The first kappa shape index (κ1) is 15.0. The van der Waals surface area contributed by atoms with Gasteiger partial charge in [-0.2, -0.15) is 11.3 Å². The molecule has 110 valence electrons. The Labute approximate surface area is 126 Å². The first-order valence-electron chi connectivity index (χ1n) is 6.44. The number of nitro groups is 1. The van der Waals surface area contributed by atoms with E-state index in [-0.39, 0.29) is 22.8 Å². The van der Waals surface area contributed by atoms with E-state index in [2.05, 4.69) is 10.6 Å². The van der Waals surface area contributed by atoms with Gasteiger partial charge in [-0.15, -0.1) is 0 Å². The van der Waals surface area contributed by atoms with Crippen molar-refractivity contribution in [3.8, 4) is 0 Å². The average Bonchev–Trinajstić information content (AvgIpc) is 2.98. The van der Waals surface area contributed by atoms with Gasteiger partial charge in [0.1, 0.15) is 5.69 Å². The molecule has 1 amide bonds. The summed E-state index contributed by atoms with van der Waals surface area (Å²) in [5.74, 6) is -0.333. The van der Waals surface area contributed by atoms with Crippen molar-refractivity contribution in [2.24, 2.45) is 0 Å². The van der Waals surface area contributed by atoms with Crippen LogP contribution in [0, 0.1) is 10.1 Å². The van der Waals surface area contributed by atoms with Gasteiger partial charge in [-0.1, -0.05) is 6.07 Å². The first-order valence-corrected chi connectivity index (χ1v) is 7.38. The van der Waals surface area contributed by atoms with Gasteiger partial charge in [-0.05, 0) is 35.4 Å². The van der Waals surface area contributed by atoms with E-state index in [1.54, 1.807) is 17.4 Å². The van der Waals surface area contributed by atoms with Crippen molar-refractivity contribution in [3.63, 3.8) is 0 Å². The second kappa shape index (κ2) is 6.85. The molecule has 0 saturated carbocycles. The van der Waals surface area contributed by atoms with Crippen molar-refractivity contribution < 1.29 is 9.72 Å². The minimum absolute atomic E-state index is 0.0972. The molecule has 0 atom stereocenters. The van der Waals surface area contributed by atoms with Crippen molar-refractivity contribution in [1.29, 1.82) is 0 Å². The van der Waals surface area contributed by atoms with Crippen LogP contribution in [-0.4, -0.2) is 17.4 Å². The number of nitro benzene ring substituents is 1. The second-order valence-electron chi connectivity index (χ2n) is 4.30. The maximum absolute atomic E-state index is 12.2. The van der Waals surface area contributed by atoms with Crippen LogP contribution < -0.4 is 10.6 Å². The number of para-hydroxylation sites is 1. The zero-order valence-electron chi connectivity index (χ0n) is 11.5. The number of hydrogen-bond donors (Lipinski definition) is 2. The molecular weight excluding hydrogens is 290 g/mol. The summed E-state index contributed by atoms with van der Waals surface area (Å²) in [5.41, 5.74) is 1.44. The Morgan fingerprint density at radius 2 is 2.19 bits per heavy atom. The molecule has 1 aromatic heterocycles. The quantitative estimate of drug-likeness (QED) is 0.634. The summed E-state index contributed by atoms with van der Waals surface area (Å²) in [4.78, 5) is 22.8. The molecule has 2 N–H and O–H groups in total. The highest BCUT2D eigenvalue weighted by Gasteiger charge is 2.20. The van der Waals surface area contributed by atoms with Gasteiger partial charge >= 0.3 is 0 Å². The fourth-order valence-electron chi connectivity index (χ4n) is 1.91. The molecule has 6 nitrogen and oxygen atoms in total. The Morgan fingerprint density at radius 1 is 1.38 bits per heavy atom. The summed E-state index contributed by atoms with van der Waals surface area (Å²) in [7, 11) is 0. The molecular formula is C14H15N3O3S. The molecule has 7 heteroatoms. The Hall–Kier alpha value is -2.41. The monoisotopic (exact) mass is 305 g/mol. The van der Waals surface area contributed by atoms with Crippen molar-refractivity contribution in [1.82, 2.24) is 5.32 Å². The highest BCUT2D eigenvalue weighted by Crippen LogP contribution is 2.28. The molecule has 0 aliphatic rings. The maximum Gasteiger partial charge on any atom is 0.293 e. The normalized spacial score (nSPS) is 10.1. The number of nitrogens with one attached hydrogen (secondary N) is 2. The minimum atomic E-state index is -0.492. The molecule has 21 heavy (non-hydrogen) atoms. The summed E-state index contributed by atoms with van der Waals surface area (Å²) < 4.78 is 0. The highest BCUT2D eigenvalue weighted by atomic mass is 32.1. The molecule has 0 aliphatic carbocycles. The third-order valence-electron chi connectivity index (χ3n) is 2.87. The molecule has 0 saturated heterocycles. The summed E-state index contributed by atoms with van der Waals surface area (Å²) in [5, 5.41) is 20.6. The van der Waals surface area contributed by atoms with Crippen LogP contribution in [0.2, 0.25) is 0 Å². The van der Waals surface area contributed by atoms with E-state index < -0.39 is 4.92 Å². The topological polar surface area (TPSA) is 84.3 Å². The number of anilines is 1. The average molecular weight is 305 g/mol. The van der Waals surface area contributed by atoms with Crippen LogP contribution in [0.4, 0.5) is 11.4 Å². The lowest BCUT2D eigenvalue weighted by Crippen LogP contribution is -2.24. The second-order valence-corrected chi connectivity index (χ2v) is 5.08. The predicted octanol–water partition coefficient (Wildman–Crippen LogP) is 3.02. The molecule has 0 unspecified atom stereocenters. The standard InChI is InChI=1S/C14H15N3O3S/c1-2-15-13-11(4-3-5-12(13)17(19)20)14(18)16-8-10-6-7-21-9-10/h3-7,9,15H,2,8H2,1H3,(H,16,18). The molecule has 0 bridgehead atoms. The molecule has 0 fully saturated rings. The van der Waals surface area contributed by atoms with Crippen LogP contribution in [0.25, 0.3) is 0 Å². The van der Waals surface area contributed by atoms with Gasteiger partial charge in [0.05, 0.1) is 10.5 Å². The van der Waals surface area contributed by atoms with E-state index in [0.29, 0.717) is 13.1 Å². The third-order valence-corrected chi connectivity index (χ3v) is 3.60. The van der Waals surface area contributed by atoms with Gasteiger partial charge in [0, 0.05) is 19.2 Å². The Balaban J connectivity index is 2.23. The number of benzene rings is 1. The summed E-state index contributed by atoms with van der Waals surface area (Å²) in [6, 6.07) is 6.39. The molecule has 2 rings (SSSR count). The summed E-state index contributed by atoms with van der Waals surface area (Å²) in [6.45, 7) is 2.72. The first-order chi connectivity index (χ1) is 10.1. The molecule has 1 aromatic carbocycles. The SMILES string of the molecule is CCNc1c(C(=O)NCc2ccsc2)cccc1[N+](=O)[O-].